The molecule has 1 amide bonds. The van der Waals surface area contributed by atoms with Crippen molar-refractivity contribution in [2.45, 2.75) is 46.1 Å². The van der Waals surface area contributed by atoms with Crippen LogP contribution >= 0.6 is 24.0 Å². The lowest BCUT2D eigenvalue weighted by atomic mass is 10.1. The molecule has 0 aliphatic carbocycles. The topological polar surface area (TPSA) is 60.0 Å². The number of halogens is 1. The van der Waals surface area contributed by atoms with Gasteiger partial charge in [0.05, 0.1) is 0 Å². The second-order valence-corrected chi connectivity index (χ2v) is 7.63. The van der Waals surface area contributed by atoms with E-state index in [1.165, 1.54) is 25.9 Å². The smallest absolute Gasteiger partial charge is 0.225 e. The summed E-state index contributed by atoms with van der Waals surface area (Å²) in [7, 11) is 1.81. The first-order valence-corrected chi connectivity index (χ1v) is 9.48. The maximum atomic E-state index is 12.1. The summed E-state index contributed by atoms with van der Waals surface area (Å²) >= 11 is 0. The van der Waals surface area contributed by atoms with E-state index in [-0.39, 0.29) is 35.8 Å². The first kappa shape index (κ1) is 22.5. The first-order valence-electron chi connectivity index (χ1n) is 9.48. The largest absolute Gasteiger partial charge is 0.356 e. The van der Waals surface area contributed by atoms with Crippen LogP contribution in [0.2, 0.25) is 0 Å². The zero-order chi connectivity index (χ0) is 17.5. The highest BCUT2D eigenvalue weighted by molar-refractivity contribution is 14.0. The first-order chi connectivity index (χ1) is 11.5. The molecule has 2 rings (SSSR count). The lowest BCUT2D eigenvalue weighted by Gasteiger charge is -2.23. The standard InChI is InChI=1S/C18H35N5O.HI/c1-14(2)17(24)23-10-7-16(13-23)21-18(19-4)20-11-15(3)12-22-8-5-6-9-22;/h14-16H,5-13H2,1-4H3,(H2,19,20,21);1H. The number of nitrogens with zero attached hydrogens (tertiary/aromatic N) is 3. The minimum Gasteiger partial charge on any atom is -0.356 e. The van der Waals surface area contributed by atoms with Gasteiger partial charge < -0.3 is 20.4 Å². The Morgan fingerprint density at radius 3 is 2.48 bits per heavy atom. The van der Waals surface area contributed by atoms with E-state index in [4.69, 9.17) is 0 Å². The number of amides is 1. The van der Waals surface area contributed by atoms with Gasteiger partial charge in [-0.15, -0.1) is 24.0 Å². The molecule has 25 heavy (non-hydrogen) atoms. The summed E-state index contributed by atoms with van der Waals surface area (Å²) in [6.45, 7) is 12.4. The summed E-state index contributed by atoms with van der Waals surface area (Å²) in [4.78, 5) is 20.9. The second kappa shape index (κ2) is 11.2. The highest BCUT2D eigenvalue weighted by atomic mass is 127. The molecular formula is C18H36IN5O. The van der Waals surface area contributed by atoms with E-state index in [0.717, 1.165) is 38.6 Å². The van der Waals surface area contributed by atoms with Gasteiger partial charge in [-0.1, -0.05) is 20.8 Å². The quantitative estimate of drug-likeness (QED) is 0.357. The van der Waals surface area contributed by atoms with Gasteiger partial charge in [0.1, 0.15) is 0 Å². The van der Waals surface area contributed by atoms with Gasteiger partial charge in [-0.3, -0.25) is 9.79 Å². The van der Waals surface area contributed by atoms with Crippen LogP contribution in [0.1, 0.15) is 40.0 Å². The highest BCUT2D eigenvalue weighted by Crippen LogP contribution is 2.13. The van der Waals surface area contributed by atoms with Crippen molar-refractivity contribution in [1.82, 2.24) is 20.4 Å². The Morgan fingerprint density at radius 1 is 1.20 bits per heavy atom. The number of hydrogen-bond acceptors (Lipinski definition) is 3. The van der Waals surface area contributed by atoms with Crippen LogP contribution in [0.5, 0.6) is 0 Å². The average molecular weight is 465 g/mol. The summed E-state index contributed by atoms with van der Waals surface area (Å²) in [5.41, 5.74) is 0. The third-order valence-corrected chi connectivity index (χ3v) is 4.94. The van der Waals surface area contributed by atoms with Gasteiger partial charge in [0.2, 0.25) is 5.91 Å². The zero-order valence-electron chi connectivity index (χ0n) is 16.3. The van der Waals surface area contributed by atoms with Gasteiger partial charge in [0.25, 0.3) is 0 Å². The predicted molar refractivity (Wildman–Crippen MR) is 115 cm³/mol. The zero-order valence-corrected chi connectivity index (χ0v) is 18.6. The molecule has 0 aromatic rings. The molecule has 6 nitrogen and oxygen atoms in total. The summed E-state index contributed by atoms with van der Waals surface area (Å²) in [5, 5.41) is 6.92. The summed E-state index contributed by atoms with van der Waals surface area (Å²) < 4.78 is 0. The molecule has 2 N–H and O–H groups in total. The summed E-state index contributed by atoms with van der Waals surface area (Å²) in [6.07, 6.45) is 3.68. The summed E-state index contributed by atoms with van der Waals surface area (Å²) in [6, 6.07) is 0.299. The number of aliphatic imine (C=N–C) groups is 1. The Morgan fingerprint density at radius 2 is 1.88 bits per heavy atom. The average Bonchev–Trinajstić information content (AvgIpc) is 3.22. The van der Waals surface area contributed by atoms with Gasteiger partial charge in [-0.2, -0.15) is 0 Å². The highest BCUT2D eigenvalue weighted by Gasteiger charge is 2.28. The lowest BCUT2D eigenvalue weighted by Crippen LogP contribution is -2.47. The third-order valence-electron chi connectivity index (χ3n) is 4.94. The number of hydrogen-bond donors (Lipinski definition) is 2. The van der Waals surface area contributed by atoms with Crippen molar-refractivity contribution in [3.05, 3.63) is 0 Å². The van der Waals surface area contributed by atoms with Crippen molar-refractivity contribution in [1.29, 1.82) is 0 Å². The Balaban J connectivity index is 0.00000312. The minimum absolute atomic E-state index is 0. The molecule has 2 saturated heterocycles. The van der Waals surface area contributed by atoms with Crippen LogP contribution in [-0.2, 0) is 4.79 Å². The van der Waals surface area contributed by atoms with Crippen molar-refractivity contribution in [2.75, 3.05) is 46.3 Å². The molecule has 7 heteroatoms. The van der Waals surface area contributed by atoms with Crippen LogP contribution in [0.4, 0.5) is 0 Å². The number of rotatable bonds is 6. The van der Waals surface area contributed by atoms with E-state index in [1.54, 1.807) is 0 Å². The normalized spacial score (nSPS) is 22.8. The SMILES string of the molecule is CN=C(NCC(C)CN1CCCC1)NC1CCN(C(=O)C(C)C)C1.I. The van der Waals surface area contributed by atoms with E-state index in [1.807, 2.05) is 25.8 Å². The van der Waals surface area contributed by atoms with Gasteiger partial charge in [0, 0.05) is 45.2 Å². The molecule has 0 aromatic heterocycles. The lowest BCUT2D eigenvalue weighted by molar-refractivity contribution is -0.133. The number of carbonyl (C=O) groups is 1. The van der Waals surface area contributed by atoms with Crippen molar-refractivity contribution >= 4 is 35.8 Å². The van der Waals surface area contributed by atoms with Crippen molar-refractivity contribution in [3.63, 3.8) is 0 Å². The molecule has 0 spiro atoms. The Labute approximate surface area is 170 Å². The predicted octanol–water partition coefficient (Wildman–Crippen LogP) is 1.76. The third kappa shape index (κ3) is 7.29. The van der Waals surface area contributed by atoms with Crippen LogP contribution in [0.3, 0.4) is 0 Å². The Kier molecular flexibility index (Phi) is 10.1. The molecule has 0 aromatic carbocycles. The van der Waals surface area contributed by atoms with Crippen LogP contribution in [0.25, 0.3) is 0 Å². The molecule has 146 valence electrons. The fraction of sp³-hybridized carbons (Fsp3) is 0.889. The Bertz CT molecular complexity index is 437. The number of guanidine groups is 1. The van der Waals surface area contributed by atoms with Gasteiger partial charge in [-0.25, -0.2) is 0 Å². The monoisotopic (exact) mass is 465 g/mol. The van der Waals surface area contributed by atoms with E-state index in [2.05, 4.69) is 27.4 Å². The molecule has 0 radical (unpaired) electrons. The fourth-order valence-electron chi connectivity index (χ4n) is 3.57. The molecule has 0 saturated carbocycles. The maximum Gasteiger partial charge on any atom is 0.225 e. The summed E-state index contributed by atoms with van der Waals surface area (Å²) in [5.74, 6) is 1.78. The molecule has 2 heterocycles. The minimum atomic E-state index is 0. The van der Waals surface area contributed by atoms with E-state index in [0.29, 0.717) is 12.0 Å². The fourth-order valence-corrected chi connectivity index (χ4v) is 3.57. The van der Waals surface area contributed by atoms with Crippen LogP contribution in [0.15, 0.2) is 4.99 Å². The number of likely N-dealkylation sites (tertiary alicyclic amines) is 2. The number of nitrogens with one attached hydrogen (secondary N) is 2. The molecule has 2 fully saturated rings. The molecular weight excluding hydrogens is 429 g/mol. The van der Waals surface area contributed by atoms with Crippen molar-refractivity contribution in [2.24, 2.45) is 16.8 Å². The molecule has 0 bridgehead atoms. The molecule has 2 atom stereocenters. The number of carbonyl (C=O) groups excluding carboxylic acids is 1. The van der Waals surface area contributed by atoms with E-state index < -0.39 is 0 Å². The maximum absolute atomic E-state index is 12.1. The van der Waals surface area contributed by atoms with Gasteiger partial charge >= 0.3 is 0 Å². The van der Waals surface area contributed by atoms with Crippen molar-refractivity contribution in [3.8, 4) is 0 Å². The van der Waals surface area contributed by atoms with Crippen LogP contribution < -0.4 is 10.6 Å². The molecule has 2 aliphatic heterocycles. The van der Waals surface area contributed by atoms with Gasteiger partial charge in [-0.05, 0) is 38.3 Å². The van der Waals surface area contributed by atoms with E-state index >= 15 is 0 Å². The molecule has 2 unspecified atom stereocenters. The van der Waals surface area contributed by atoms with E-state index in [9.17, 15) is 4.79 Å². The second-order valence-electron chi connectivity index (χ2n) is 7.63. The molecule has 2 aliphatic rings. The Hall–Kier alpha value is -0.570. The van der Waals surface area contributed by atoms with Crippen LogP contribution in [-0.4, -0.2) is 74.0 Å². The van der Waals surface area contributed by atoms with Crippen LogP contribution in [0, 0.1) is 11.8 Å². The van der Waals surface area contributed by atoms with Crippen molar-refractivity contribution < 1.29 is 4.79 Å². The van der Waals surface area contributed by atoms with Gasteiger partial charge in [0.15, 0.2) is 5.96 Å².